The first kappa shape index (κ1) is 16.9. The summed E-state index contributed by atoms with van der Waals surface area (Å²) >= 11 is 0. The van der Waals surface area contributed by atoms with Gasteiger partial charge in [-0.2, -0.15) is 0 Å². The van der Waals surface area contributed by atoms with Gasteiger partial charge in [-0.25, -0.2) is 9.97 Å². The molecule has 1 aromatic carbocycles. The molecule has 0 aliphatic heterocycles. The second-order valence-corrected chi connectivity index (χ2v) is 6.17. The average molecular weight is 338 g/mol. The van der Waals surface area contributed by atoms with Gasteiger partial charge in [0, 0.05) is 18.3 Å². The lowest BCUT2D eigenvalue weighted by Crippen LogP contribution is -2.16. The van der Waals surface area contributed by atoms with Crippen LogP contribution >= 0.6 is 0 Å². The Labute approximate surface area is 146 Å². The summed E-state index contributed by atoms with van der Waals surface area (Å²) < 4.78 is 0. The highest BCUT2D eigenvalue weighted by Gasteiger charge is 2.12. The van der Waals surface area contributed by atoms with Crippen LogP contribution in [0.4, 0.5) is 5.82 Å². The van der Waals surface area contributed by atoms with Crippen molar-refractivity contribution in [2.75, 3.05) is 32.5 Å². The number of hydrogen-bond donors (Lipinski definition) is 3. The van der Waals surface area contributed by atoms with Gasteiger partial charge in [0.1, 0.15) is 17.2 Å². The first-order valence-electron chi connectivity index (χ1n) is 8.18. The lowest BCUT2D eigenvalue weighted by molar-refractivity contribution is 0.100. The standard InChI is InChI=1S/C18H22N6O/c1-24(2)10-4-9-20-15-8-7-12(11-21-15)18-22-14-6-3-5-13(17(19)25)16(14)23-18/h3,5-8,11H,4,9-10H2,1-2H3,(H2,19,25)(H,20,21)(H,22,23). The molecule has 1 amide bonds. The molecular formula is C18H22N6O. The van der Waals surface area contributed by atoms with Crippen LogP contribution in [0, 0.1) is 0 Å². The number of nitrogens with one attached hydrogen (secondary N) is 2. The quantitative estimate of drug-likeness (QED) is 0.573. The fourth-order valence-electron chi connectivity index (χ4n) is 2.62. The van der Waals surface area contributed by atoms with Gasteiger partial charge in [-0.1, -0.05) is 6.07 Å². The maximum Gasteiger partial charge on any atom is 0.250 e. The minimum atomic E-state index is -0.487. The summed E-state index contributed by atoms with van der Waals surface area (Å²) in [4.78, 5) is 25.8. The average Bonchev–Trinajstić information content (AvgIpc) is 3.03. The number of fused-ring (bicyclic) bond motifs is 1. The molecule has 7 heteroatoms. The van der Waals surface area contributed by atoms with E-state index < -0.39 is 5.91 Å². The van der Waals surface area contributed by atoms with E-state index in [1.807, 2.05) is 18.2 Å². The van der Waals surface area contributed by atoms with E-state index in [1.165, 1.54) is 0 Å². The molecule has 0 spiro atoms. The lowest BCUT2D eigenvalue weighted by atomic mass is 10.2. The summed E-state index contributed by atoms with van der Waals surface area (Å²) in [5, 5.41) is 3.30. The van der Waals surface area contributed by atoms with Gasteiger partial charge in [0.15, 0.2) is 0 Å². The zero-order valence-electron chi connectivity index (χ0n) is 14.4. The monoisotopic (exact) mass is 338 g/mol. The summed E-state index contributed by atoms with van der Waals surface area (Å²) in [6, 6.07) is 9.19. The molecule has 0 bridgehead atoms. The second kappa shape index (κ2) is 7.31. The number of nitrogens with zero attached hydrogens (tertiary/aromatic N) is 3. The van der Waals surface area contributed by atoms with Gasteiger partial charge in [0.2, 0.25) is 0 Å². The number of carbonyl (C=O) groups excluding carboxylic acids is 1. The number of pyridine rings is 1. The number of aromatic nitrogens is 3. The van der Waals surface area contributed by atoms with Crippen LogP contribution in [0.5, 0.6) is 0 Å². The number of amides is 1. The highest BCUT2D eigenvalue weighted by molar-refractivity contribution is 6.04. The Balaban J connectivity index is 1.75. The molecule has 25 heavy (non-hydrogen) atoms. The highest BCUT2D eigenvalue weighted by Crippen LogP contribution is 2.23. The molecule has 0 aliphatic rings. The van der Waals surface area contributed by atoms with Crippen molar-refractivity contribution in [3.05, 3.63) is 42.1 Å². The van der Waals surface area contributed by atoms with E-state index in [0.717, 1.165) is 36.4 Å². The smallest absolute Gasteiger partial charge is 0.250 e. The number of nitrogens with two attached hydrogens (primary N) is 1. The van der Waals surface area contributed by atoms with Crippen LogP contribution in [0.1, 0.15) is 16.8 Å². The van der Waals surface area contributed by atoms with E-state index in [1.54, 1.807) is 18.3 Å². The number of carbonyl (C=O) groups is 1. The SMILES string of the molecule is CN(C)CCCNc1ccc(-c2nc3c(C(N)=O)cccc3[nH]2)cn1. The predicted octanol–water partition coefficient (Wildman–Crippen LogP) is 2.09. The van der Waals surface area contributed by atoms with Crippen molar-refractivity contribution in [1.29, 1.82) is 0 Å². The number of imidazole rings is 1. The summed E-state index contributed by atoms with van der Waals surface area (Å²) in [6.07, 6.45) is 2.81. The topological polar surface area (TPSA) is 99.9 Å². The molecule has 2 heterocycles. The van der Waals surface area contributed by atoms with E-state index in [4.69, 9.17) is 5.73 Å². The molecule has 4 N–H and O–H groups in total. The van der Waals surface area contributed by atoms with Crippen LogP contribution in [0.3, 0.4) is 0 Å². The Morgan fingerprint density at radius 3 is 2.80 bits per heavy atom. The molecular weight excluding hydrogens is 316 g/mol. The minimum Gasteiger partial charge on any atom is -0.370 e. The molecule has 0 unspecified atom stereocenters. The van der Waals surface area contributed by atoms with E-state index in [0.29, 0.717) is 16.9 Å². The third-order valence-corrected chi connectivity index (χ3v) is 3.90. The van der Waals surface area contributed by atoms with Crippen LogP contribution < -0.4 is 11.1 Å². The van der Waals surface area contributed by atoms with Gasteiger partial charge < -0.3 is 20.9 Å². The molecule has 0 saturated carbocycles. The van der Waals surface area contributed by atoms with Crippen molar-refractivity contribution in [3.63, 3.8) is 0 Å². The normalized spacial score (nSPS) is 11.2. The third kappa shape index (κ3) is 3.95. The van der Waals surface area contributed by atoms with Crippen molar-refractivity contribution < 1.29 is 4.79 Å². The number of para-hydroxylation sites is 1. The van der Waals surface area contributed by atoms with Crippen molar-refractivity contribution in [1.82, 2.24) is 19.9 Å². The maximum absolute atomic E-state index is 11.5. The maximum atomic E-state index is 11.5. The van der Waals surface area contributed by atoms with Crippen LogP contribution in [0.15, 0.2) is 36.5 Å². The largest absolute Gasteiger partial charge is 0.370 e. The predicted molar refractivity (Wildman–Crippen MR) is 99.5 cm³/mol. The highest BCUT2D eigenvalue weighted by atomic mass is 16.1. The molecule has 0 atom stereocenters. The van der Waals surface area contributed by atoms with Gasteiger partial charge >= 0.3 is 0 Å². The Bertz CT molecular complexity index is 869. The van der Waals surface area contributed by atoms with Gasteiger partial charge in [0.05, 0.1) is 11.1 Å². The Hall–Kier alpha value is -2.93. The van der Waals surface area contributed by atoms with Crippen LogP contribution in [-0.2, 0) is 0 Å². The fraction of sp³-hybridized carbons (Fsp3) is 0.278. The molecule has 130 valence electrons. The Morgan fingerprint density at radius 1 is 1.28 bits per heavy atom. The van der Waals surface area contributed by atoms with Crippen molar-refractivity contribution in [2.45, 2.75) is 6.42 Å². The number of benzene rings is 1. The minimum absolute atomic E-state index is 0.409. The number of rotatable bonds is 7. The van der Waals surface area contributed by atoms with E-state index >= 15 is 0 Å². The zero-order valence-corrected chi connectivity index (χ0v) is 14.4. The van der Waals surface area contributed by atoms with Crippen LogP contribution in [0.25, 0.3) is 22.4 Å². The first-order chi connectivity index (χ1) is 12.0. The lowest BCUT2D eigenvalue weighted by Gasteiger charge is -2.10. The van der Waals surface area contributed by atoms with E-state index in [2.05, 4.69) is 39.3 Å². The van der Waals surface area contributed by atoms with Gasteiger partial charge in [-0.15, -0.1) is 0 Å². The molecule has 3 aromatic rings. The van der Waals surface area contributed by atoms with E-state index in [9.17, 15) is 4.79 Å². The summed E-state index contributed by atoms with van der Waals surface area (Å²) in [7, 11) is 4.12. The number of primary amides is 1. The number of aromatic amines is 1. The Kier molecular flexibility index (Phi) is 4.95. The zero-order chi connectivity index (χ0) is 17.8. The van der Waals surface area contributed by atoms with Gasteiger partial charge in [0.25, 0.3) is 5.91 Å². The third-order valence-electron chi connectivity index (χ3n) is 3.90. The second-order valence-electron chi connectivity index (χ2n) is 6.17. The summed E-state index contributed by atoms with van der Waals surface area (Å²) in [6.45, 7) is 1.91. The molecule has 2 aromatic heterocycles. The fourth-order valence-corrected chi connectivity index (χ4v) is 2.62. The van der Waals surface area contributed by atoms with E-state index in [-0.39, 0.29) is 0 Å². The van der Waals surface area contributed by atoms with Gasteiger partial charge in [-0.05, 0) is 51.3 Å². The van der Waals surface area contributed by atoms with Crippen LogP contribution in [-0.4, -0.2) is 52.9 Å². The Morgan fingerprint density at radius 2 is 2.12 bits per heavy atom. The van der Waals surface area contributed by atoms with Crippen molar-refractivity contribution >= 4 is 22.8 Å². The van der Waals surface area contributed by atoms with Gasteiger partial charge in [-0.3, -0.25) is 4.79 Å². The number of anilines is 1. The number of hydrogen-bond acceptors (Lipinski definition) is 5. The first-order valence-corrected chi connectivity index (χ1v) is 8.18. The molecule has 7 nitrogen and oxygen atoms in total. The van der Waals surface area contributed by atoms with Crippen molar-refractivity contribution in [2.24, 2.45) is 5.73 Å². The number of H-pyrrole nitrogens is 1. The molecule has 0 aliphatic carbocycles. The molecule has 0 fully saturated rings. The van der Waals surface area contributed by atoms with Crippen LogP contribution in [0.2, 0.25) is 0 Å². The molecule has 0 radical (unpaired) electrons. The van der Waals surface area contributed by atoms with Crippen molar-refractivity contribution in [3.8, 4) is 11.4 Å². The summed E-state index contributed by atoms with van der Waals surface area (Å²) in [5.74, 6) is 1.01. The summed E-state index contributed by atoms with van der Waals surface area (Å²) in [5.41, 5.74) is 8.02. The molecule has 3 rings (SSSR count). The molecule has 0 saturated heterocycles.